The van der Waals surface area contributed by atoms with Crippen molar-refractivity contribution >= 4 is 11.9 Å². The van der Waals surface area contributed by atoms with Crippen molar-refractivity contribution in [3.8, 4) is 0 Å². The molecule has 60 heavy (non-hydrogen) atoms. The molecule has 2 atom stereocenters. The van der Waals surface area contributed by atoms with E-state index in [9.17, 15) is 19.8 Å². The monoisotopic (exact) mass is 844 g/mol. The smallest absolute Gasteiger partial charge is 0.305 e. The fourth-order valence-electron chi connectivity index (χ4n) is 7.84. The van der Waals surface area contributed by atoms with E-state index in [1.807, 2.05) is 0 Å². The fourth-order valence-corrected chi connectivity index (χ4v) is 7.84. The number of rotatable bonds is 48. The first-order valence-corrected chi connectivity index (χ1v) is 26.2. The number of nitrogens with one attached hydrogen (secondary N) is 1. The first kappa shape index (κ1) is 58.1. The summed E-state index contributed by atoms with van der Waals surface area (Å²) in [5, 5.41) is 23.2. The molecule has 6 nitrogen and oxygen atoms in total. The molecule has 0 spiro atoms. The third kappa shape index (κ3) is 45.6. The molecule has 352 valence electrons. The van der Waals surface area contributed by atoms with E-state index in [1.54, 1.807) is 0 Å². The lowest BCUT2D eigenvalue weighted by molar-refractivity contribution is -0.143. The van der Waals surface area contributed by atoms with E-state index in [1.165, 1.54) is 154 Å². The van der Waals surface area contributed by atoms with Gasteiger partial charge in [-0.25, -0.2) is 0 Å². The quantitative estimate of drug-likeness (QED) is 0.0322. The molecule has 0 heterocycles. The molecule has 0 aromatic carbocycles. The zero-order valence-corrected chi connectivity index (χ0v) is 39.9. The first-order valence-electron chi connectivity index (χ1n) is 26.2. The first-order chi connectivity index (χ1) is 29.5. The minimum absolute atomic E-state index is 0.0261. The van der Waals surface area contributed by atoms with Gasteiger partial charge in [-0.1, -0.05) is 204 Å². The Labute approximate surface area is 373 Å². The van der Waals surface area contributed by atoms with Crippen LogP contribution in [0.15, 0.2) is 36.5 Å². The summed E-state index contributed by atoms with van der Waals surface area (Å²) in [5.74, 6) is -0.0778. The van der Waals surface area contributed by atoms with E-state index in [4.69, 9.17) is 4.74 Å². The van der Waals surface area contributed by atoms with Crippen LogP contribution in [0.3, 0.4) is 0 Å². The lowest BCUT2D eigenvalue weighted by Crippen LogP contribution is -2.45. The van der Waals surface area contributed by atoms with Gasteiger partial charge in [0.05, 0.1) is 25.4 Å². The Kier molecular flexibility index (Phi) is 48.1. The molecule has 6 heteroatoms. The molecule has 2 unspecified atom stereocenters. The van der Waals surface area contributed by atoms with Gasteiger partial charge in [0.15, 0.2) is 0 Å². The van der Waals surface area contributed by atoms with Crippen LogP contribution in [0.2, 0.25) is 0 Å². The second-order valence-corrected chi connectivity index (χ2v) is 17.8. The fraction of sp³-hybridized carbons (Fsp3) is 0.852. The molecule has 0 aliphatic rings. The van der Waals surface area contributed by atoms with Gasteiger partial charge in [0.1, 0.15) is 0 Å². The van der Waals surface area contributed by atoms with Gasteiger partial charge < -0.3 is 20.3 Å². The van der Waals surface area contributed by atoms with E-state index < -0.39 is 12.1 Å². The van der Waals surface area contributed by atoms with Crippen LogP contribution < -0.4 is 5.32 Å². The van der Waals surface area contributed by atoms with Crippen molar-refractivity contribution in [1.82, 2.24) is 5.32 Å². The van der Waals surface area contributed by atoms with Gasteiger partial charge in [-0.15, -0.1) is 0 Å². The summed E-state index contributed by atoms with van der Waals surface area (Å²) in [6.45, 7) is 4.87. The number of unbranched alkanes of at least 4 members (excludes halogenated alkanes) is 31. The Morgan fingerprint density at radius 1 is 0.467 bits per heavy atom. The highest BCUT2D eigenvalue weighted by Gasteiger charge is 2.20. The SMILES string of the molecule is CCCCC/C=C\CCCCCCCC(=O)OCCCCC/C=C\C/C=C\CCCCCCCCCC(=O)NC(CO)C(O)CCCCCCCCCCCCCCCC. The van der Waals surface area contributed by atoms with Crippen molar-refractivity contribution in [2.24, 2.45) is 0 Å². The summed E-state index contributed by atoms with van der Waals surface area (Å²) in [6.07, 6.45) is 59.7. The molecule has 0 fully saturated rings. The van der Waals surface area contributed by atoms with Crippen LogP contribution in [-0.2, 0) is 14.3 Å². The molecule has 0 saturated carbocycles. The maximum atomic E-state index is 12.4. The number of carbonyl (C=O) groups excluding carboxylic acids is 2. The van der Waals surface area contributed by atoms with E-state index in [2.05, 4.69) is 55.6 Å². The van der Waals surface area contributed by atoms with Crippen LogP contribution in [-0.4, -0.2) is 47.4 Å². The summed E-state index contributed by atoms with van der Waals surface area (Å²) in [4.78, 5) is 24.4. The molecule has 0 radical (unpaired) electrons. The average Bonchev–Trinajstić information content (AvgIpc) is 3.25. The number of allylic oxidation sites excluding steroid dienone is 6. The molecule has 0 aromatic rings. The molecule has 1 amide bonds. The number of aliphatic hydroxyl groups excluding tert-OH is 2. The van der Waals surface area contributed by atoms with Gasteiger partial charge in [-0.05, 0) is 89.9 Å². The Morgan fingerprint density at radius 2 is 0.833 bits per heavy atom. The predicted octanol–water partition coefficient (Wildman–Crippen LogP) is 15.7. The zero-order chi connectivity index (χ0) is 43.7. The van der Waals surface area contributed by atoms with Gasteiger partial charge in [-0.2, -0.15) is 0 Å². The Balaban J connectivity index is 3.52. The summed E-state index contributed by atoms with van der Waals surface area (Å²) >= 11 is 0. The normalized spacial score (nSPS) is 12.9. The van der Waals surface area contributed by atoms with Crippen LogP contribution in [0.4, 0.5) is 0 Å². The van der Waals surface area contributed by atoms with Crippen molar-refractivity contribution in [3.05, 3.63) is 36.5 Å². The van der Waals surface area contributed by atoms with E-state index >= 15 is 0 Å². The van der Waals surface area contributed by atoms with Gasteiger partial charge in [0.25, 0.3) is 0 Å². The number of carbonyl (C=O) groups is 2. The number of ether oxygens (including phenoxy) is 1. The van der Waals surface area contributed by atoms with E-state index in [0.717, 1.165) is 83.5 Å². The average molecular weight is 844 g/mol. The third-order valence-electron chi connectivity index (χ3n) is 11.9. The summed E-state index contributed by atoms with van der Waals surface area (Å²) in [7, 11) is 0. The van der Waals surface area contributed by atoms with Gasteiger partial charge in [0.2, 0.25) is 5.91 Å². The Morgan fingerprint density at radius 3 is 1.32 bits per heavy atom. The minimum Gasteiger partial charge on any atom is -0.466 e. The van der Waals surface area contributed by atoms with Crippen LogP contribution in [0.5, 0.6) is 0 Å². The highest BCUT2D eigenvalue weighted by molar-refractivity contribution is 5.76. The van der Waals surface area contributed by atoms with Crippen LogP contribution in [0.25, 0.3) is 0 Å². The second kappa shape index (κ2) is 49.7. The highest BCUT2D eigenvalue weighted by atomic mass is 16.5. The number of hydrogen-bond donors (Lipinski definition) is 3. The van der Waals surface area contributed by atoms with Crippen molar-refractivity contribution in [2.75, 3.05) is 13.2 Å². The van der Waals surface area contributed by atoms with Crippen molar-refractivity contribution < 1.29 is 24.5 Å². The number of amides is 1. The molecule has 0 rings (SSSR count). The zero-order valence-electron chi connectivity index (χ0n) is 39.9. The molecular weight excluding hydrogens is 743 g/mol. The van der Waals surface area contributed by atoms with Crippen molar-refractivity contribution in [2.45, 2.75) is 283 Å². The topological polar surface area (TPSA) is 95.9 Å². The maximum absolute atomic E-state index is 12.4. The molecule has 0 aromatic heterocycles. The largest absolute Gasteiger partial charge is 0.466 e. The number of aliphatic hydroxyl groups is 2. The lowest BCUT2D eigenvalue weighted by Gasteiger charge is -2.22. The molecule has 3 N–H and O–H groups in total. The van der Waals surface area contributed by atoms with Crippen LogP contribution in [0, 0.1) is 0 Å². The van der Waals surface area contributed by atoms with Crippen LogP contribution >= 0.6 is 0 Å². The molecular formula is C54H101NO5. The minimum atomic E-state index is -0.674. The summed E-state index contributed by atoms with van der Waals surface area (Å²) in [6, 6.07) is -0.553. The third-order valence-corrected chi connectivity index (χ3v) is 11.9. The summed E-state index contributed by atoms with van der Waals surface area (Å²) in [5.41, 5.74) is 0. The molecule has 0 saturated heterocycles. The van der Waals surface area contributed by atoms with Crippen molar-refractivity contribution in [1.29, 1.82) is 0 Å². The molecule has 0 aliphatic carbocycles. The standard InChI is InChI=1S/C54H101NO5/c1-3-5-7-9-11-13-15-17-23-26-30-34-38-42-46-52(57)51(50-56)55-53(58)47-43-39-35-31-27-24-21-19-18-20-22-25-29-33-37-41-45-49-60-54(59)48-44-40-36-32-28-16-14-12-10-8-6-4-2/h12,14,18,20,25,29,51-52,56-57H,3-11,13,15-17,19,21-24,26-28,30-50H2,1-2H3,(H,55,58)/b14-12-,20-18-,29-25-. The molecule has 0 bridgehead atoms. The van der Waals surface area contributed by atoms with Gasteiger partial charge in [-0.3, -0.25) is 9.59 Å². The second-order valence-electron chi connectivity index (χ2n) is 17.8. The Hall–Kier alpha value is -1.92. The summed E-state index contributed by atoms with van der Waals surface area (Å²) < 4.78 is 5.43. The van der Waals surface area contributed by atoms with E-state index in [0.29, 0.717) is 25.9 Å². The lowest BCUT2D eigenvalue weighted by atomic mass is 10.0. The van der Waals surface area contributed by atoms with E-state index in [-0.39, 0.29) is 18.5 Å². The van der Waals surface area contributed by atoms with Gasteiger partial charge >= 0.3 is 5.97 Å². The Bertz CT molecular complexity index is 977. The predicted molar refractivity (Wildman–Crippen MR) is 259 cm³/mol. The number of esters is 1. The van der Waals surface area contributed by atoms with Crippen LogP contribution in [0.1, 0.15) is 271 Å². The van der Waals surface area contributed by atoms with Gasteiger partial charge in [0, 0.05) is 12.8 Å². The molecule has 0 aliphatic heterocycles. The maximum Gasteiger partial charge on any atom is 0.305 e. The van der Waals surface area contributed by atoms with Crippen molar-refractivity contribution in [3.63, 3.8) is 0 Å². The number of hydrogen-bond acceptors (Lipinski definition) is 5. The highest BCUT2D eigenvalue weighted by Crippen LogP contribution is 2.16.